The van der Waals surface area contributed by atoms with Crippen molar-refractivity contribution in [1.29, 1.82) is 0 Å². The first-order valence-corrected chi connectivity index (χ1v) is 10.9. The zero-order chi connectivity index (χ0) is 19.7. The highest BCUT2D eigenvalue weighted by molar-refractivity contribution is 8.14. The standard InChI is InChI=1S/C21H18F2N2OS2/c1-26-13-10-9-12-5-3-8-17-19(14(12)11-13)28-21(24-17)20(27-2)25-18-15(22)6-4-7-16(18)23/h4,6-7,9-11H,3,5,8H2,1-2H3/b25-20-. The molecule has 0 saturated heterocycles. The van der Waals surface area contributed by atoms with Gasteiger partial charge in [-0.3, -0.25) is 0 Å². The van der Waals surface area contributed by atoms with Crippen LogP contribution in [0.4, 0.5) is 14.5 Å². The summed E-state index contributed by atoms with van der Waals surface area (Å²) in [4.78, 5) is 10.1. The molecule has 7 heteroatoms. The number of rotatable bonds is 3. The second-order valence-corrected chi connectivity index (χ2v) is 8.16. The molecule has 144 valence electrons. The predicted octanol–water partition coefficient (Wildman–Crippen LogP) is 6.03. The Kier molecular flexibility index (Phi) is 5.46. The van der Waals surface area contributed by atoms with E-state index < -0.39 is 11.6 Å². The van der Waals surface area contributed by atoms with Gasteiger partial charge in [-0.2, -0.15) is 0 Å². The number of nitrogens with zero attached hydrogens (tertiary/aromatic N) is 2. The average Bonchev–Trinajstić information content (AvgIpc) is 3.04. The van der Waals surface area contributed by atoms with Crippen LogP contribution in [0.15, 0.2) is 41.4 Å². The van der Waals surface area contributed by atoms with Crippen LogP contribution in [0.2, 0.25) is 0 Å². The minimum absolute atomic E-state index is 0.278. The van der Waals surface area contributed by atoms with Gasteiger partial charge in [0.2, 0.25) is 0 Å². The molecule has 0 bridgehead atoms. The van der Waals surface area contributed by atoms with E-state index in [1.165, 1.54) is 46.9 Å². The molecular formula is C21H18F2N2OS2. The van der Waals surface area contributed by atoms with E-state index in [4.69, 9.17) is 9.72 Å². The van der Waals surface area contributed by atoms with Crippen molar-refractivity contribution >= 4 is 33.8 Å². The summed E-state index contributed by atoms with van der Waals surface area (Å²) in [6.45, 7) is 0. The lowest BCUT2D eigenvalue weighted by molar-refractivity contribution is 0.415. The molecule has 28 heavy (non-hydrogen) atoms. The third-order valence-electron chi connectivity index (χ3n) is 4.65. The summed E-state index contributed by atoms with van der Waals surface area (Å²) in [5.74, 6) is -0.562. The molecule has 1 heterocycles. The molecule has 0 spiro atoms. The van der Waals surface area contributed by atoms with Crippen molar-refractivity contribution in [1.82, 2.24) is 4.98 Å². The Hall–Kier alpha value is -2.25. The van der Waals surface area contributed by atoms with E-state index in [1.54, 1.807) is 7.11 Å². The molecule has 0 fully saturated rings. The van der Waals surface area contributed by atoms with E-state index in [0.717, 1.165) is 41.1 Å². The van der Waals surface area contributed by atoms with Gasteiger partial charge in [0.1, 0.15) is 21.5 Å². The summed E-state index contributed by atoms with van der Waals surface area (Å²) in [6.07, 6.45) is 4.69. The van der Waals surface area contributed by atoms with E-state index in [2.05, 4.69) is 11.1 Å². The molecule has 0 radical (unpaired) electrons. The fourth-order valence-corrected chi connectivity index (χ4v) is 5.08. The second-order valence-electron chi connectivity index (χ2n) is 6.36. The largest absolute Gasteiger partial charge is 0.497 e. The van der Waals surface area contributed by atoms with Crippen LogP contribution in [0.25, 0.3) is 10.4 Å². The number of aromatic nitrogens is 1. The lowest BCUT2D eigenvalue weighted by atomic mass is 10.0. The van der Waals surface area contributed by atoms with E-state index in [0.29, 0.717) is 10.1 Å². The summed E-state index contributed by atoms with van der Waals surface area (Å²) >= 11 is 2.84. The van der Waals surface area contributed by atoms with Gasteiger partial charge in [0.05, 0.1) is 17.7 Å². The molecule has 2 aromatic carbocycles. The van der Waals surface area contributed by atoms with Crippen molar-refractivity contribution < 1.29 is 13.5 Å². The van der Waals surface area contributed by atoms with Crippen LogP contribution >= 0.6 is 23.1 Å². The predicted molar refractivity (Wildman–Crippen MR) is 112 cm³/mol. The topological polar surface area (TPSA) is 34.5 Å². The van der Waals surface area contributed by atoms with Gasteiger partial charge in [-0.05, 0) is 55.3 Å². The summed E-state index contributed by atoms with van der Waals surface area (Å²) in [6, 6.07) is 9.85. The molecule has 3 nitrogen and oxygen atoms in total. The smallest absolute Gasteiger partial charge is 0.151 e. The Morgan fingerprint density at radius 2 is 1.96 bits per heavy atom. The van der Waals surface area contributed by atoms with Crippen LogP contribution in [-0.4, -0.2) is 23.4 Å². The van der Waals surface area contributed by atoms with Crippen LogP contribution in [0.3, 0.4) is 0 Å². The summed E-state index contributed by atoms with van der Waals surface area (Å²) in [5, 5.41) is 1.18. The molecule has 0 saturated carbocycles. The van der Waals surface area contributed by atoms with E-state index in [-0.39, 0.29) is 5.69 Å². The molecule has 1 aliphatic rings. The van der Waals surface area contributed by atoms with Gasteiger partial charge < -0.3 is 4.74 Å². The van der Waals surface area contributed by atoms with Gasteiger partial charge >= 0.3 is 0 Å². The van der Waals surface area contributed by atoms with Gasteiger partial charge in [0, 0.05) is 5.56 Å². The van der Waals surface area contributed by atoms with Gasteiger partial charge in [-0.1, -0.05) is 12.1 Å². The molecular weight excluding hydrogens is 398 g/mol. The highest BCUT2D eigenvalue weighted by Crippen LogP contribution is 2.40. The summed E-state index contributed by atoms with van der Waals surface area (Å²) < 4.78 is 33.5. The lowest BCUT2D eigenvalue weighted by Crippen LogP contribution is -1.96. The normalized spacial score (nSPS) is 13.6. The fraction of sp³-hybridized carbons (Fsp3) is 0.238. The SMILES string of the molecule is COc1ccc2c(c1)-c1sc(/C(=N/c3c(F)cccc3F)SC)nc1CCC2. The number of hydrogen-bond donors (Lipinski definition) is 0. The first-order valence-electron chi connectivity index (χ1n) is 8.84. The van der Waals surface area contributed by atoms with Crippen molar-refractivity contribution in [3.63, 3.8) is 0 Å². The Morgan fingerprint density at radius 1 is 1.18 bits per heavy atom. The third-order valence-corrected chi connectivity index (χ3v) is 6.58. The number of methoxy groups -OCH3 is 1. The van der Waals surface area contributed by atoms with Crippen molar-refractivity contribution in [2.75, 3.05) is 13.4 Å². The minimum Gasteiger partial charge on any atom is -0.497 e. The first-order chi connectivity index (χ1) is 13.6. The Morgan fingerprint density at radius 3 is 2.68 bits per heavy atom. The number of hydrogen-bond acceptors (Lipinski definition) is 5. The van der Waals surface area contributed by atoms with Crippen LogP contribution < -0.4 is 4.74 Å². The Labute approximate surface area is 170 Å². The highest BCUT2D eigenvalue weighted by atomic mass is 32.2. The van der Waals surface area contributed by atoms with Gasteiger partial charge in [0.15, 0.2) is 11.6 Å². The number of aliphatic imine (C=N–C) groups is 1. The van der Waals surface area contributed by atoms with Crippen molar-refractivity contribution in [3.8, 4) is 16.2 Å². The Balaban J connectivity index is 1.82. The third kappa shape index (κ3) is 3.56. The average molecular weight is 417 g/mol. The molecule has 4 rings (SSSR count). The number of aryl methyl sites for hydroxylation is 2. The number of ether oxygens (including phenoxy) is 1. The first kappa shape index (κ1) is 19.1. The maximum atomic E-state index is 14.0. The van der Waals surface area contributed by atoms with Crippen LogP contribution in [0.5, 0.6) is 5.75 Å². The highest BCUT2D eigenvalue weighted by Gasteiger charge is 2.22. The van der Waals surface area contributed by atoms with Crippen LogP contribution in [0.1, 0.15) is 22.7 Å². The lowest BCUT2D eigenvalue weighted by Gasteiger charge is -2.08. The number of para-hydroxylation sites is 1. The zero-order valence-electron chi connectivity index (χ0n) is 15.5. The van der Waals surface area contributed by atoms with Crippen molar-refractivity contribution in [2.45, 2.75) is 19.3 Å². The Bertz CT molecular complexity index is 1040. The molecule has 0 amide bonds. The molecule has 1 aromatic heterocycles. The number of thioether (sulfide) groups is 1. The van der Waals surface area contributed by atoms with E-state index in [9.17, 15) is 8.78 Å². The monoisotopic (exact) mass is 416 g/mol. The number of thiazole rings is 1. The number of fused-ring (bicyclic) bond motifs is 3. The molecule has 1 aliphatic carbocycles. The molecule has 0 atom stereocenters. The van der Waals surface area contributed by atoms with E-state index in [1.807, 2.05) is 18.4 Å². The second kappa shape index (κ2) is 8.01. The zero-order valence-corrected chi connectivity index (χ0v) is 17.1. The maximum Gasteiger partial charge on any atom is 0.151 e. The number of benzene rings is 2. The number of halogens is 2. The van der Waals surface area contributed by atoms with Crippen molar-refractivity contribution in [3.05, 3.63) is 64.3 Å². The van der Waals surface area contributed by atoms with Crippen molar-refractivity contribution in [2.24, 2.45) is 4.99 Å². The van der Waals surface area contributed by atoms with E-state index >= 15 is 0 Å². The maximum absolute atomic E-state index is 14.0. The quantitative estimate of drug-likeness (QED) is 0.386. The fourth-order valence-electron chi connectivity index (χ4n) is 3.26. The summed E-state index contributed by atoms with van der Waals surface area (Å²) in [7, 11) is 1.65. The molecule has 3 aromatic rings. The van der Waals surface area contributed by atoms with Gasteiger partial charge in [0.25, 0.3) is 0 Å². The summed E-state index contributed by atoms with van der Waals surface area (Å²) in [5.41, 5.74) is 3.10. The molecule has 0 aliphatic heterocycles. The van der Waals surface area contributed by atoms with Crippen LogP contribution in [-0.2, 0) is 12.8 Å². The minimum atomic E-state index is -0.681. The van der Waals surface area contributed by atoms with Gasteiger partial charge in [-0.25, -0.2) is 18.8 Å². The molecule has 0 N–H and O–H groups in total. The van der Waals surface area contributed by atoms with Gasteiger partial charge in [-0.15, -0.1) is 23.1 Å². The van der Waals surface area contributed by atoms with Crippen LogP contribution in [0, 0.1) is 11.6 Å². The molecule has 0 unspecified atom stereocenters.